The summed E-state index contributed by atoms with van der Waals surface area (Å²) in [6.45, 7) is 4.02. The van der Waals surface area contributed by atoms with Crippen LogP contribution in [-0.4, -0.2) is 36.7 Å². The van der Waals surface area contributed by atoms with Crippen LogP contribution < -0.4 is 5.73 Å². The van der Waals surface area contributed by atoms with E-state index in [1.807, 2.05) is 18.2 Å². The van der Waals surface area contributed by atoms with Gasteiger partial charge in [0, 0.05) is 25.8 Å². The van der Waals surface area contributed by atoms with Gasteiger partial charge in [0.1, 0.15) is 4.99 Å². The van der Waals surface area contributed by atoms with Gasteiger partial charge in [-0.05, 0) is 30.9 Å². The lowest BCUT2D eigenvalue weighted by molar-refractivity contribution is 0.0873. The van der Waals surface area contributed by atoms with Crippen LogP contribution in [0.2, 0.25) is 0 Å². The molecule has 1 aliphatic heterocycles. The van der Waals surface area contributed by atoms with Gasteiger partial charge in [-0.15, -0.1) is 0 Å². The number of likely N-dealkylation sites (tertiary alicyclic amines) is 1. The van der Waals surface area contributed by atoms with Gasteiger partial charge in [0.2, 0.25) is 0 Å². The molecular weight excluding hydrogens is 256 g/mol. The van der Waals surface area contributed by atoms with Crippen molar-refractivity contribution in [3.63, 3.8) is 0 Å². The summed E-state index contributed by atoms with van der Waals surface area (Å²) < 4.78 is 5.27. The highest BCUT2D eigenvalue weighted by atomic mass is 32.1. The van der Waals surface area contributed by atoms with Gasteiger partial charge < -0.3 is 10.5 Å². The SMILES string of the molecule is COCC1CCCN(Cc2ccccc2C(N)=S)C1. The fraction of sp³-hybridized carbons (Fsp3) is 0.533. The zero-order valence-corrected chi connectivity index (χ0v) is 12.3. The minimum Gasteiger partial charge on any atom is -0.389 e. The molecule has 19 heavy (non-hydrogen) atoms. The van der Waals surface area contributed by atoms with E-state index in [-0.39, 0.29) is 0 Å². The third-order valence-corrected chi connectivity index (χ3v) is 3.90. The van der Waals surface area contributed by atoms with E-state index in [1.54, 1.807) is 7.11 Å². The number of nitrogens with zero attached hydrogens (tertiary/aromatic N) is 1. The number of hydrogen-bond acceptors (Lipinski definition) is 3. The summed E-state index contributed by atoms with van der Waals surface area (Å²) in [6.07, 6.45) is 2.50. The largest absolute Gasteiger partial charge is 0.389 e. The number of methoxy groups -OCH3 is 1. The van der Waals surface area contributed by atoms with Gasteiger partial charge in [0.25, 0.3) is 0 Å². The van der Waals surface area contributed by atoms with Crippen LogP contribution in [0.25, 0.3) is 0 Å². The lowest BCUT2D eigenvalue weighted by atomic mass is 9.98. The monoisotopic (exact) mass is 278 g/mol. The third-order valence-electron chi connectivity index (χ3n) is 3.68. The Morgan fingerprint density at radius 1 is 1.47 bits per heavy atom. The van der Waals surface area contributed by atoms with Crippen LogP contribution in [0, 0.1) is 5.92 Å². The first-order chi connectivity index (χ1) is 9.20. The molecule has 0 radical (unpaired) electrons. The Morgan fingerprint density at radius 3 is 3.00 bits per heavy atom. The average molecular weight is 278 g/mol. The molecule has 0 aliphatic carbocycles. The molecule has 1 atom stereocenters. The molecule has 104 valence electrons. The zero-order chi connectivity index (χ0) is 13.7. The Kier molecular flexibility index (Phi) is 5.31. The molecule has 1 aliphatic rings. The number of ether oxygens (including phenoxy) is 1. The summed E-state index contributed by atoms with van der Waals surface area (Å²) in [4.78, 5) is 2.96. The number of piperidine rings is 1. The quantitative estimate of drug-likeness (QED) is 0.838. The molecule has 4 heteroatoms. The van der Waals surface area contributed by atoms with Gasteiger partial charge in [-0.2, -0.15) is 0 Å². The number of rotatable bonds is 5. The summed E-state index contributed by atoms with van der Waals surface area (Å²) in [5.41, 5.74) is 8.02. The van der Waals surface area contributed by atoms with Gasteiger partial charge in [-0.3, -0.25) is 4.90 Å². The summed E-state index contributed by atoms with van der Waals surface area (Å²) in [5.74, 6) is 0.649. The Balaban J connectivity index is 2.02. The molecular formula is C15H22N2OS. The molecule has 1 heterocycles. The fourth-order valence-electron chi connectivity index (χ4n) is 2.81. The van der Waals surface area contributed by atoms with Crippen molar-refractivity contribution in [1.29, 1.82) is 0 Å². The molecule has 1 aromatic rings. The van der Waals surface area contributed by atoms with Crippen molar-refractivity contribution in [3.8, 4) is 0 Å². The van der Waals surface area contributed by atoms with Gasteiger partial charge >= 0.3 is 0 Å². The van der Waals surface area contributed by atoms with E-state index in [0.717, 1.165) is 31.8 Å². The van der Waals surface area contributed by atoms with Gasteiger partial charge in [0.05, 0.1) is 6.61 Å². The Morgan fingerprint density at radius 2 is 2.26 bits per heavy atom. The molecule has 0 bridgehead atoms. The van der Waals surface area contributed by atoms with Crippen LogP contribution >= 0.6 is 12.2 Å². The molecule has 1 aromatic carbocycles. The summed E-state index contributed by atoms with van der Waals surface area (Å²) in [5, 5.41) is 0. The first kappa shape index (κ1) is 14.4. The standard InChI is InChI=1S/C15H22N2OS/c1-18-11-12-5-4-8-17(9-12)10-13-6-2-3-7-14(13)15(16)19/h2-3,6-7,12H,4-5,8-11H2,1H3,(H2,16,19). The van der Waals surface area contributed by atoms with E-state index in [2.05, 4.69) is 11.0 Å². The first-order valence-corrected chi connectivity index (χ1v) is 7.20. The normalized spacial score (nSPS) is 20.4. The predicted octanol–water partition coefficient (Wildman–Crippen LogP) is 2.18. The molecule has 0 aromatic heterocycles. The van der Waals surface area contributed by atoms with Crippen molar-refractivity contribution in [2.75, 3.05) is 26.8 Å². The lowest BCUT2D eigenvalue weighted by Gasteiger charge is -2.32. The Bertz CT molecular complexity index is 434. The zero-order valence-electron chi connectivity index (χ0n) is 11.5. The summed E-state index contributed by atoms with van der Waals surface area (Å²) in [6, 6.07) is 8.16. The summed E-state index contributed by atoms with van der Waals surface area (Å²) >= 11 is 5.12. The third kappa shape index (κ3) is 4.00. The number of thiocarbonyl (C=S) groups is 1. The van der Waals surface area contributed by atoms with Crippen LogP contribution in [-0.2, 0) is 11.3 Å². The maximum absolute atomic E-state index is 5.79. The number of nitrogens with two attached hydrogens (primary N) is 1. The molecule has 3 nitrogen and oxygen atoms in total. The topological polar surface area (TPSA) is 38.5 Å². The molecule has 0 amide bonds. The second-order valence-corrected chi connectivity index (χ2v) is 5.66. The maximum Gasteiger partial charge on any atom is 0.104 e. The van der Waals surface area contributed by atoms with Crippen molar-refractivity contribution in [2.45, 2.75) is 19.4 Å². The Labute approximate surface area is 120 Å². The molecule has 2 rings (SSSR count). The van der Waals surface area contributed by atoms with E-state index >= 15 is 0 Å². The van der Waals surface area contributed by atoms with Crippen molar-refractivity contribution in [2.24, 2.45) is 11.7 Å². The smallest absolute Gasteiger partial charge is 0.104 e. The fourth-order valence-corrected chi connectivity index (χ4v) is 3.01. The number of benzene rings is 1. The van der Waals surface area contributed by atoms with Crippen molar-refractivity contribution in [3.05, 3.63) is 35.4 Å². The minimum atomic E-state index is 0.487. The van der Waals surface area contributed by atoms with Crippen LogP contribution in [0.4, 0.5) is 0 Å². The first-order valence-electron chi connectivity index (χ1n) is 6.79. The second kappa shape index (κ2) is 6.98. The van der Waals surface area contributed by atoms with Crippen LogP contribution in [0.1, 0.15) is 24.0 Å². The average Bonchev–Trinajstić information content (AvgIpc) is 2.40. The molecule has 1 fully saturated rings. The highest BCUT2D eigenvalue weighted by Gasteiger charge is 2.20. The van der Waals surface area contributed by atoms with E-state index < -0.39 is 0 Å². The predicted molar refractivity (Wildman–Crippen MR) is 82.2 cm³/mol. The minimum absolute atomic E-state index is 0.487. The Hall–Kier alpha value is -0.970. The summed E-state index contributed by atoms with van der Waals surface area (Å²) in [7, 11) is 1.78. The van der Waals surface area contributed by atoms with Gasteiger partial charge in [-0.1, -0.05) is 36.5 Å². The highest BCUT2D eigenvalue weighted by molar-refractivity contribution is 7.80. The van der Waals surface area contributed by atoms with Crippen LogP contribution in [0.3, 0.4) is 0 Å². The molecule has 0 saturated carbocycles. The highest BCUT2D eigenvalue weighted by Crippen LogP contribution is 2.20. The molecule has 2 N–H and O–H groups in total. The van der Waals surface area contributed by atoms with Crippen molar-refractivity contribution >= 4 is 17.2 Å². The van der Waals surface area contributed by atoms with Crippen molar-refractivity contribution < 1.29 is 4.74 Å². The van der Waals surface area contributed by atoms with Gasteiger partial charge in [0.15, 0.2) is 0 Å². The number of hydrogen-bond donors (Lipinski definition) is 1. The lowest BCUT2D eigenvalue weighted by Crippen LogP contribution is -2.37. The van der Waals surface area contributed by atoms with E-state index in [9.17, 15) is 0 Å². The van der Waals surface area contributed by atoms with E-state index in [4.69, 9.17) is 22.7 Å². The van der Waals surface area contributed by atoms with Gasteiger partial charge in [-0.25, -0.2) is 0 Å². The van der Waals surface area contributed by atoms with Crippen LogP contribution in [0.5, 0.6) is 0 Å². The van der Waals surface area contributed by atoms with E-state index in [1.165, 1.54) is 18.4 Å². The molecule has 1 unspecified atom stereocenters. The molecule has 1 saturated heterocycles. The van der Waals surface area contributed by atoms with Crippen LogP contribution in [0.15, 0.2) is 24.3 Å². The van der Waals surface area contributed by atoms with Crippen molar-refractivity contribution in [1.82, 2.24) is 4.90 Å². The second-order valence-electron chi connectivity index (χ2n) is 5.22. The molecule has 0 spiro atoms. The van der Waals surface area contributed by atoms with E-state index in [0.29, 0.717) is 10.9 Å². The maximum atomic E-state index is 5.79.